The maximum atomic E-state index is 12.7. The molecule has 18 heteroatoms. The summed E-state index contributed by atoms with van der Waals surface area (Å²) in [5.74, 6) is -1.45. The van der Waals surface area contributed by atoms with Gasteiger partial charge >= 0.3 is 0 Å². The molecule has 43 heavy (non-hydrogen) atoms. The van der Waals surface area contributed by atoms with E-state index in [0.717, 1.165) is 0 Å². The second-order valence-corrected chi connectivity index (χ2v) is 11.9. The number of nitrogens with two attached hydrogens (primary N) is 4. The molecule has 4 rings (SSSR count). The van der Waals surface area contributed by atoms with E-state index in [-0.39, 0.29) is 32.0 Å². The zero-order valence-corrected chi connectivity index (χ0v) is 23.7. The van der Waals surface area contributed by atoms with Crippen molar-refractivity contribution in [3.63, 3.8) is 0 Å². The van der Waals surface area contributed by atoms with Gasteiger partial charge in [-0.3, -0.25) is 4.79 Å². The first-order valence-electron chi connectivity index (χ1n) is 14.6. The molecule has 3 heterocycles. The van der Waals surface area contributed by atoms with Crippen molar-refractivity contribution < 1.29 is 59.5 Å². The Hall–Kier alpha value is -1.01. The van der Waals surface area contributed by atoms with Crippen molar-refractivity contribution >= 4 is 5.78 Å². The quantitative estimate of drug-likeness (QED) is 0.0958. The van der Waals surface area contributed by atoms with E-state index < -0.39 is 110 Å². The molecule has 4 fully saturated rings. The lowest BCUT2D eigenvalue weighted by molar-refractivity contribution is -0.325. The number of hydrogen-bond donors (Lipinski definition) is 13. The topological polar surface area (TPSA) is 324 Å². The predicted molar refractivity (Wildman–Crippen MR) is 146 cm³/mol. The van der Waals surface area contributed by atoms with Gasteiger partial charge in [0.1, 0.15) is 54.9 Å². The molecule has 3 aliphatic heterocycles. The van der Waals surface area contributed by atoms with Crippen LogP contribution >= 0.6 is 0 Å². The van der Waals surface area contributed by atoms with Gasteiger partial charge in [-0.25, -0.2) is 0 Å². The average Bonchev–Trinajstić information content (AvgIpc) is 2.96. The summed E-state index contributed by atoms with van der Waals surface area (Å²) >= 11 is 0. The number of ether oxygens (including phenoxy) is 4. The molecule has 250 valence electrons. The van der Waals surface area contributed by atoms with Gasteiger partial charge < -0.3 is 88.3 Å². The van der Waals surface area contributed by atoms with E-state index in [9.17, 15) is 40.5 Å². The summed E-state index contributed by atoms with van der Waals surface area (Å²) in [7, 11) is 0. The van der Waals surface area contributed by atoms with Crippen LogP contribution in [0.25, 0.3) is 0 Å². The lowest BCUT2D eigenvalue weighted by Crippen LogP contribution is -2.71. The first-order chi connectivity index (χ1) is 20.4. The van der Waals surface area contributed by atoms with Gasteiger partial charge in [0.2, 0.25) is 0 Å². The van der Waals surface area contributed by atoms with Gasteiger partial charge in [-0.05, 0) is 12.3 Å². The van der Waals surface area contributed by atoms with Crippen molar-refractivity contribution in [1.82, 2.24) is 10.6 Å². The largest absolute Gasteiger partial charge is 0.394 e. The molecule has 3 saturated heterocycles. The minimum atomic E-state index is -1.59. The van der Waals surface area contributed by atoms with Crippen LogP contribution in [0.4, 0.5) is 0 Å². The summed E-state index contributed by atoms with van der Waals surface area (Å²) in [6.07, 6.45) is -16.5. The SMILES string of the molecule is NC[C@H](O)C(=O)C[C@@H]1C[C@H](N)C(O[C@H]2O[C@H](CN)[C@@H](O)[C@H](O)[C@H]2NC2CNC2)[C@H](O)[C@H]1O[C@H]1O[C@H](CO)[C@@H](O)[C@H](N)[C@H]1O. The highest BCUT2D eigenvalue weighted by Crippen LogP contribution is 2.36. The van der Waals surface area contributed by atoms with E-state index in [2.05, 4.69) is 10.6 Å². The van der Waals surface area contributed by atoms with Gasteiger partial charge in [-0.15, -0.1) is 0 Å². The summed E-state index contributed by atoms with van der Waals surface area (Å²) in [6.45, 7) is 0.105. The van der Waals surface area contributed by atoms with Gasteiger partial charge in [0, 0.05) is 44.7 Å². The van der Waals surface area contributed by atoms with Crippen molar-refractivity contribution in [2.45, 2.75) is 111 Å². The number of hydrogen-bond acceptors (Lipinski definition) is 18. The van der Waals surface area contributed by atoms with Gasteiger partial charge in [-0.1, -0.05) is 0 Å². The fourth-order valence-electron chi connectivity index (χ4n) is 6.07. The average molecular weight is 625 g/mol. The molecular formula is C25H48N6O12. The zero-order valence-electron chi connectivity index (χ0n) is 23.7. The maximum absolute atomic E-state index is 12.7. The Labute approximate surface area is 248 Å². The number of nitrogens with one attached hydrogen (secondary N) is 2. The molecule has 17 N–H and O–H groups in total. The van der Waals surface area contributed by atoms with Gasteiger partial charge in [-0.2, -0.15) is 0 Å². The summed E-state index contributed by atoms with van der Waals surface area (Å²) in [6, 6.07) is -3.17. The summed E-state index contributed by atoms with van der Waals surface area (Å²) < 4.78 is 23.6. The summed E-state index contributed by atoms with van der Waals surface area (Å²) in [4.78, 5) is 12.7. The van der Waals surface area contributed by atoms with E-state index in [1.807, 2.05) is 0 Å². The first kappa shape index (κ1) is 34.9. The molecule has 0 radical (unpaired) electrons. The Bertz CT molecular complexity index is 907. The fraction of sp³-hybridized carbons (Fsp3) is 0.960. The number of ketones is 1. The van der Waals surface area contributed by atoms with Crippen LogP contribution in [-0.2, 0) is 23.7 Å². The Kier molecular flexibility index (Phi) is 12.2. The number of aliphatic hydroxyl groups excluding tert-OH is 7. The molecule has 0 aromatic rings. The van der Waals surface area contributed by atoms with Crippen LogP contribution in [0.2, 0.25) is 0 Å². The fourth-order valence-corrected chi connectivity index (χ4v) is 6.07. The smallest absolute Gasteiger partial charge is 0.186 e. The zero-order chi connectivity index (χ0) is 31.6. The van der Waals surface area contributed by atoms with E-state index >= 15 is 0 Å². The highest BCUT2D eigenvalue weighted by atomic mass is 16.7. The van der Waals surface area contributed by atoms with Crippen molar-refractivity contribution in [2.75, 3.05) is 32.8 Å². The number of Topliss-reactive ketones (excluding diaryl/α,β-unsaturated/α-hetero) is 1. The molecule has 0 spiro atoms. The van der Waals surface area contributed by atoms with Crippen LogP contribution in [0, 0.1) is 5.92 Å². The Morgan fingerprint density at radius 3 is 2.14 bits per heavy atom. The van der Waals surface area contributed by atoms with Crippen molar-refractivity contribution in [1.29, 1.82) is 0 Å². The molecule has 0 aromatic heterocycles. The highest BCUT2D eigenvalue weighted by Gasteiger charge is 2.53. The predicted octanol–water partition coefficient (Wildman–Crippen LogP) is -8.15. The third-order valence-electron chi connectivity index (χ3n) is 8.86. The molecule has 1 aliphatic carbocycles. The molecule has 0 amide bonds. The molecule has 1 unspecified atom stereocenters. The van der Waals surface area contributed by atoms with E-state index in [1.165, 1.54) is 0 Å². The van der Waals surface area contributed by atoms with E-state index in [0.29, 0.717) is 13.1 Å². The monoisotopic (exact) mass is 624 g/mol. The normalized spacial score (nSPS) is 46.7. The molecule has 1 saturated carbocycles. The first-order valence-corrected chi connectivity index (χ1v) is 14.6. The standard InChI is InChI=1S/C25H48N6O12/c26-3-12(34)11(33)2-8-1-10(28)23(21(39)22(8)42-25-19(37)15(29)17(35)14(7-32)41-25)43-24-16(31-9-5-30-6-9)20(38)18(36)13(4-27)40-24/h8-10,12-25,30-32,34-39H,1-7,26-29H2/t8-,10-,12-,13+,14+,15-,16+,17+,18+,19+,20+,21+,22-,23?,24+,25+/m0/s1. The lowest BCUT2D eigenvalue weighted by Gasteiger charge is -2.50. The lowest BCUT2D eigenvalue weighted by atomic mass is 9.76. The molecule has 4 aliphatic rings. The third kappa shape index (κ3) is 7.53. The Morgan fingerprint density at radius 1 is 0.907 bits per heavy atom. The van der Waals surface area contributed by atoms with E-state index in [4.69, 9.17) is 41.9 Å². The molecule has 0 bridgehead atoms. The summed E-state index contributed by atoms with van der Waals surface area (Å²) in [5, 5.41) is 79.9. The Morgan fingerprint density at radius 2 is 1.56 bits per heavy atom. The van der Waals surface area contributed by atoms with Gasteiger partial charge in [0.15, 0.2) is 18.4 Å². The molecule has 18 nitrogen and oxygen atoms in total. The minimum absolute atomic E-state index is 0.0270. The van der Waals surface area contributed by atoms with Gasteiger partial charge in [0.25, 0.3) is 0 Å². The van der Waals surface area contributed by atoms with Crippen LogP contribution in [0.15, 0.2) is 0 Å². The van der Waals surface area contributed by atoms with Crippen molar-refractivity contribution in [3.05, 3.63) is 0 Å². The molecule has 0 aromatic carbocycles. The van der Waals surface area contributed by atoms with Crippen LogP contribution in [0.1, 0.15) is 12.8 Å². The third-order valence-corrected chi connectivity index (χ3v) is 8.86. The van der Waals surface area contributed by atoms with Crippen LogP contribution in [0.3, 0.4) is 0 Å². The maximum Gasteiger partial charge on any atom is 0.186 e. The molecular weight excluding hydrogens is 576 g/mol. The number of aliphatic hydroxyl groups is 7. The second kappa shape index (κ2) is 15.1. The Balaban J connectivity index is 1.58. The van der Waals surface area contributed by atoms with Crippen LogP contribution in [0.5, 0.6) is 0 Å². The number of rotatable bonds is 12. The highest BCUT2D eigenvalue weighted by molar-refractivity contribution is 5.83. The second-order valence-electron chi connectivity index (χ2n) is 11.9. The number of carbonyl (C=O) groups excluding carboxylic acids is 1. The van der Waals surface area contributed by atoms with Crippen molar-refractivity contribution in [3.8, 4) is 0 Å². The molecule has 16 atom stereocenters. The number of carbonyl (C=O) groups is 1. The minimum Gasteiger partial charge on any atom is -0.394 e. The van der Waals surface area contributed by atoms with Gasteiger partial charge in [0.05, 0.1) is 24.8 Å². The van der Waals surface area contributed by atoms with E-state index in [1.54, 1.807) is 0 Å². The summed E-state index contributed by atoms with van der Waals surface area (Å²) in [5.41, 5.74) is 23.6. The van der Waals surface area contributed by atoms with Crippen LogP contribution in [-0.4, -0.2) is 172 Å². The van der Waals surface area contributed by atoms with Crippen LogP contribution < -0.4 is 33.6 Å². The van der Waals surface area contributed by atoms with Crippen molar-refractivity contribution in [2.24, 2.45) is 28.9 Å².